The summed E-state index contributed by atoms with van der Waals surface area (Å²) < 4.78 is 30.5. The Morgan fingerprint density at radius 3 is 2.44 bits per heavy atom. The number of sulfonamides is 1. The van der Waals surface area contributed by atoms with Crippen LogP contribution in [0.2, 0.25) is 0 Å². The number of nitrogens with one attached hydrogen (secondary N) is 2. The maximum Gasteiger partial charge on any atom is 0.264 e. The average Bonchev–Trinajstić information content (AvgIpc) is 3.27. The summed E-state index contributed by atoms with van der Waals surface area (Å²) in [4.78, 5) is 17.1. The van der Waals surface area contributed by atoms with Gasteiger partial charge >= 0.3 is 0 Å². The fraction of sp³-hybridized carbons (Fsp3) is 0.517. The Hall–Kier alpha value is -2.95. The number of anilines is 2. The molecule has 1 saturated carbocycles. The van der Waals surface area contributed by atoms with Crippen LogP contribution in [-0.4, -0.2) is 55.7 Å². The number of fused-ring (bicyclic) bond motifs is 1. The molecule has 0 unspecified atom stereocenters. The first-order chi connectivity index (χ1) is 18.5. The summed E-state index contributed by atoms with van der Waals surface area (Å²) in [5.74, 6) is 1.39. The van der Waals surface area contributed by atoms with Crippen LogP contribution >= 0.6 is 0 Å². The second-order valence-corrected chi connectivity index (χ2v) is 13.4. The van der Waals surface area contributed by atoms with Crippen LogP contribution in [0.15, 0.2) is 47.4 Å². The van der Waals surface area contributed by atoms with Gasteiger partial charge in [0.2, 0.25) is 5.91 Å². The standard InChI is InChI=1S/C29H41N5O4S/c1-29(2,3)28-32-25-18-23(12-15-26(25)34(28)20-21-8-6-5-7-9-21)33(4)39(37,38)24-13-10-22(11-14-24)31-27(36)19-30-16-17-35/h10-15,18,21,30,35H,5-9,16-17,19-20H2,1-4H3,(H,31,36). The summed E-state index contributed by atoms with van der Waals surface area (Å²) in [6, 6.07) is 11.8. The first kappa shape index (κ1) is 29.0. The molecule has 1 fully saturated rings. The summed E-state index contributed by atoms with van der Waals surface area (Å²) in [6.07, 6.45) is 6.36. The van der Waals surface area contributed by atoms with Crippen molar-refractivity contribution in [3.05, 3.63) is 48.3 Å². The zero-order valence-electron chi connectivity index (χ0n) is 23.4. The number of benzene rings is 2. The van der Waals surface area contributed by atoms with Crippen LogP contribution in [0, 0.1) is 5.92 Å². The van der Waals surface area contributed by atoms with Gasteiger partial charge in [-0.25, -0.2) is 13.4 Å². The van der Waals surface area contributed by atoms with Crippen molar-refractivity contribution in [2.24, 2.45) is 5.92 Å². The maximum absolute atomic E-state index is 13.4. The molecular weight excluding hydrogens is 514 g/mol. The van der Waals surface area contributed by atoms with Crippen molar-refractivity contribution in [3.8, 4) is 0 Å². The maximum atomic E-state index is 13.4. The van der Waals surface area contributed by atoms with Crippen molar-refractivity contribution in [1.82, 2.24) is 14.9 Å². The van der Waals surface area contributed by atoms with Crippen LogP contribution in [0.5, 0.6) is 0 Å². The van der Waals surface area contributed by atoms with Gasteiger partial charge in [-0.05, 0) is 61.2 Å². The molecule has 2 aromatic carbocycles. The van der Waals surface area contributed by atoms with Crippen molar-refractivity contribution in [3.63, 3.8) is 0 Å². The second-order valence-electron chi connectivity index (χ2n) is 11.4. The van der Waals surface area contributed by atoms with Crippen LogP contribution < -0.4 is 14.9 Å². The third-order valence-corrected chi connectivity index (χ3v) is 9.10. The third kappa shape index (κ3) is 6.80. The molecular formula is C29H41N5O4S. The van der Waals surface area contributed by atoms with E-state index in [0.717, 1.165) is 23.4 Å². The quantitative estimate of drug-likeness (QED) is 0.322. The summed E-state index contributed by atoms with van der Waals surface area (Å²) in [5.41, 5.74) is 2.72. The summed E-state index contributed by atoms with van der Waals surface area (Å²) in [6.45, 7) is 7.76. The molecule has 0 saturated heterocycles. The van der Waals surface area contributed by atoms with Gasteiger partial charge in [0.1, 0.15) is 5.82 Å². The molecule has 0 bridgehead atoms. The average molecular weight is 556 g/mol. The summed E-state index contributed by atoms with van der Waals surface area (Å²) in [5, 5.41) is 14.3. The molecule has 3 N–H and O–H groups in total. The van der Waals surface area contributed by atoms with Gasteiger partial charge in [0, 0.05) is 31.2 Å². The van der Waals surface area contributed by atoms with Gasteiger partial charge in [-0.15, -0.1) is 0 Å². The van der Waals surface area contributed by atoms with Crippen LogP contribution in [0.1, 0.15) is 58.7 Å². The highest BCUT2D eigenvalue weighted by molar-refractivity contribution is 7.92. The zero-order chi connectivity index (χ0) is 28.2. The minimum Gasteiger partial charge on any atom is -0.395 e. The van der Waals surface area contributed by atoms with Gasteiger partial charge in [0.25, 0.3) is 10.0 Å². The Bertz CT molecular complexity index is 1390. The van der Waals surface area contributed by atoms with Crippen molar-refractivity contribution in [2.75, 3.05) is 36.4 Å². The lowest BCUT2D eigenvalue weighted by Crippen LogP contribution is -2.30. The number of imidazole rings is 1. The molecule has 1 aromatic heterocycles. The van der Waals surface area contributed by atoms with E-state index in [1.165, 1.54) is 48.5 Å². The molecule has 39 heavy (non-hydrogen) atoms. The molecule has 9 nitrogen and oxygen atoms in total. The lowest BCUT2D eigenvalue weighted by atomic mass is 9.88. The molecule has 0 radical (unpaired) electrons. The van der Waals surface area contributed by atoms with Crippen molar-refractivity contribution < 1.29 is 18.3 Å². The largest absolute Gasteiger partial charge is 0.395 e. The van der Waals surface area contributed by atoms with Crippen LogP contribution in [0.4, 0.5) is 11.4 Å². The van der Waals surface area contributed by atoms with Gasteiger partial charge in [0.05, 0.1) is 34.8 Å². The molecule has 10 heteroatoms. The van der Waals surface area contributed by atoms with Crippen molar-refractivity contribution >= 4 is 38.3 Å². The number of carbonyl (C=O) groups is 1. The predicted octanol–water partition coefficient (Wildman–Crippen LogP) is 4.26. The number of carbonyl (C=O) groups excluding carboxylic acids is 1. The van der Waals surface area contributed by atoms with E-state index in [1.54, 1.807) is 19.2 Å². The minimum atomic E-state index is -3.83. The van der Waals surface area contributed by atoms with Crippen LogP contribution in [0.3, 0.4) is 0 Å². The van der Waals surface area contributed by atoms with E-state index in [1.807, 2.05) is 18.2 Å². The highest BCUT2D eigenvalue weighted by Gasteiger charge is 2.27. The van der Waals surface area contributed by atoms with E-state index < -0.39 is 10.0 Å². The summed E-state index contributed by atoms with van der Waals surface area (Å²) >= 11 is 0. The topological polar surface area (TPSA) is 117 Å². The number of rotatable bonds is 10. The fourth-order valence-electron chi connectivity index (χ4n) is 5.19. The molecule has 212 valence electrons. The number of aliphatic hydroxyl groups excluding tert-OH is 1. The van der Waals surface area contributed by atoms with E-state index in [2.05, 4.69) is 36.0 Å². The normalized spacial score (nSPS) is 15.0. The molecule has 0 aliphatic heterocycles. The van der Waals surface area contributed by atoms with Crippen LogP contribution in [0.25, 0.3) is 11.0 Å². The highest BCUT2D eigenvalue weighted by atomic mass is 32.2. The Morgan fingerprint density at radius 2 is 1.79 bits per heavy atom. The first-order valence-electron chi connectivity index (χ1n) is 13.7. The van der Waals surface area contributed by atoms with Crippen molar-refractivity contribution in [2.45, 2.75) is 69.7 Å². The highest BCUT2D eigenvalue weighted by Crippen LogP contribution is 2.33. The molecule has 1 amide bonds. The van der Waals surface area contributed by atoms with Gasteiger partial charge < -0.3 is 20.3 Å². The Labute approximate surface area is 231 Å². The predicted molar refractivity (Wildman–Crippen MR) is 156 cm³/mol. The number of hydrogen-bond donors (Lipinski definition) is 3. The van der Waals surface area contributed by atoms with Gasteiger partial charge in [0.15, 0.2) is 0 Å². The summed E-state index contributed by atoms with van der Waals surface area (Å²) in [7, 11) is -2.29. The van der Waals surface area contributed by atoms with Crippen molar-refractivity contribution in [1.29, 1.82) is 0 Å². The molecule has 4 rings (SSSR count). The van der Waals surface area contributed by atoms with Gasteiger partial charge in [-0.3, -0.25) is 9.10 Å². The molecule has 1 heterocycles. The third-order valence-electron chi connectivity index (χ3n) is 7.30. The molecule has 0 atom stereocenters. The minimum absolute atomic E-state index is 0.0547. The molecule has 1 aliphatic rings. The zero-order valence-corrected chi connectivity index (χ0v) is 24.2. The smallest absolute Gasteiger partial charge is 0.264 e. The molecule has 3 aromatic rings. The number of aromatic nitrogens is 2. The fourth-order valence-corrected chi connectivity index (χ4v) is 6.38. The Kier molecular flexibility index (Phi) is 8.98. The molecule has 1 aliphatic carbocycles. The lowest BCUT2D eigenvalue weighted by Gasteiger charge is -2.26. The Morgan fingerprint density at radius 1 is 1.10 bits per heavy atom. The van der Waals surface area contributed by atoms with E-state index in [4.69, 9.17) is 10.1 Å². The SMILES string of the molecule is CN(c1ccc2c(c1)nc(C(C)(C)C)n2CC1CCCCC1)S(=O)(=O)c1ccc(NC(=O)CNCCO)cc1. The van der Waals surface area contributed by atoms with Gasteiger partial charge in [-0.1, -0.05) is 40.0 Å². The number of aliphatic hydroxyl groups is 1. The monoisotopic (exact) mass is 555 g/mol. The Balaban J connectivity index is 1.56. The number of hydrogen-bond acceptors (Lipinski definition) is 6. The van der Waals surface area contributed by atoms with E-state index in [-0.39, 0.29) is 29.4 Å². The lowest BCUT2D eigenvalue weighted by molar-refractivity contribution is -0.115. The molecule has 0 spiro atoms. The van der Waals surface area contributed by atoms with Gasteiger partial charge in [-0.2, -0.15) is 0 Å². The van der Waals surface area contributed by atoms with E-state index in [9.17, 15) is 13.2 Å². The second kappa shape index (κ2) is 12.1. The first-order valence-corrected chi connectivity index (χ1v) is 15.2. The van der Waals surface area contributed by atoms with Crippen LogP contribution in [-0.2, 0) is 26.8 Å². The number of amides is 1. The van der Waals surface area contributed by atoms with E-state index >= 15 is 0 Å². The number of nitrogens with zero attached hydrogens (tertiary/aromatic N) is 3. The van der Waals surface area contributed by atoms with E-state index in [0.29, 0.717) is 23.8 Å².